The molecular weight excluding hydrogens is 480 g/mol. The fraction of sp³-hybridized carbons (Fsp3) is 0.429. The Kier molecular flexibility index (Phi) is 6.92. The molecule has 2 unspecified atom stereocenters. The third-order valence-electron chi connectivity index (χ3n) is 7.73. The third kappa shape index (κ3) is 5.33. The summed E-state index contributed by atoms with van der Waals surface area (Å²) in [5.74, 6) is 0.971. The second kappa shape index (κ2) is 10.6. The molecule has 0 aliphatic carbocycles. The van der Waals surface area contributed by atoms with Crippen molar-refractivity contribution < 1.29 is 9.53 Å². The van der Waals surface area contributed by atoms with Crippen molar-refractivity contribution in [3.8, 4) is 11.3 Å². The van der Waals surface area contributed by atoms with Crippen LogP contribution in [0.3, 0.4) is 0 Å². The van der Waals surface area contributed by atoms with Crippen molar-refractivity contribution in [2.75, 3.05) is 68.5 Å². The Morgan fingerprint density at radius 1 is 1.08 bits per heavy atom. The first-order chi connectivity index (χ1) is 18.5. The van der Waals surface area contributed by atoms with Gasteiger partial charge in [0.15, 0.2) is 0 Å². The number of carbonyl (C=O) groups excluding carboxylic acids is 1. The number of aryl methyl sites for hydroxylation is 1. The predicted molar refractivity (Wildman–Crippen MR) is 148 cm³/mol. The molecule has 0 spiro atoms. The maximum atomic E-state index is 12.4. The van der Waals surface area contributed by atoms with Crippen LogP contribution >= 0.6 is 0 Å². The van der Waals surface area contributed by atoms with E-state index in [2.05, 4.69) is 67.5 Å². The SMILES string of the molecule is Cc1cc(Nc2nccc(-c3ccc(NC(=O)CN4CCOCC4)nc3)n2)ccc1N1CC2CC1CN2C. The number of nitrogens with zero attached hydrogens (tertiary/aromatic N) is 6. The van der Waals surface area contributed by atoms with E-state index in [1.54, 1.807) is 18.5 Å². The van der Waals surface area contributed by atoms with Crippen molar-refractivity contribution >= 4 is 29.0 Å². The lowest BCUT2D eigenvalue weighted by Gasteiger charge is -2.34. The number of hydrogen-bond donors (Lipinski definition) is 2. The standard InChI is InChI=1S/C28H34N8O2/c1-19-13-21(4-5-25(19)36-17-22-14-23(36)16-34(22)2)31-28-29-8-7-24(32-28)20-3-6-26(30-15-20)33-27(37)18-35-9-11-38-12-10-35/h3-8,13,15,22-23H,9-12,14,16-18H2,1-2H3,(H,29,31,32)(H,30,33,37). The minimum absolute atomic E-state index is 0.0773. The van der Waals surface area contributed by atoms with Crippen LogP contribution in [0.25, 0.3) is 11.3 Å². The second-order valence-corrected chi connectivity index (χ2v) is 10.4. The zero-order valence-electron chi connectivity index (χ0n) is 21.9. The summed E-state index contributed by atoms with van der Waals surface area (Å²) < 4.78 is 5.33. The Morgan fingerprint density at radius 3 is 2.66 bits per heavy atom. The maximum absolute atomic E-state index is 12.4. The summed E-state index contributed by atoms with van der Waals surface area (Å²) in [6, 6.07) is 13.3. The number of aromatic nitrogens is 3. The molecule has 1 amide bonds. The largest absolute Gasteiger partial charge is 0.379 e. The highest BCUT2D eigenvalue weighted by molar-refractivity contribution is 5.91. The number of benzene rings is 1. The molecule has 10 nitrogen and oxygen atoms in total. The van der Waals surface area contributed by atoms with Crippen LogP contribution < -0.4 is 15.5 Å². The number of likely N-dealkylation sites (N-methyl/N-ethyl adjacent to an activating group) is 1. The molecule has 3 aliphatic rings. The summed E-state index contributed by atoms with van der Waals surface area (Å²) >= 11 is 0. The summed E-state index contributed by atoms with van der Waals surface area (Å²) in [7, 11) is 2.23. The minimum atomic E-state index is -0.0773. The minimum Gasteiger partial charge on any atom is -0.379 e. The van der Waals surface area contributed by atoms with E-state index < -0.39 is 0 Å². The first-order valence-electron chi connectivity index (χ1n) is 13.3. The Bertz CT molecular complexity index is 1290. The molecular formula is C28H34N8O2. The average molecular weight is 515 g/mol. The fourth-order valence-corrected chi connectivity index (χ4v) is 5.69. The molecule has 0 saturated carbocycles. The summed E-state index contributed by atoms with van der Waals surface area (Å²) in [4.78, 5) is 33.0. The van der Waals surface area contributed by atoms with E-state index in [0.717, 1.165) is 43.1 Å². The molecule has 5 heterocycles. The monoisotopic (exact) mass is 514 g/mol. The quantitative estimate of drug-likeness (QED) is 0.493. The van der Waals surface area contributed by atoms with Gasteiger partial charge in [0, 0.05) is 67.6 Å². The molecule has 0 radical (unpaired) electrons. The molecule has 2 atom stereocenters. The highest BCUT2D eigenvalue weighted by Crippen LogP contribution is 2.36. The summed E-state index contributed by atoms with van der Waals surface area (Å²) in [6.45, 7) is 7.61. The average Bonchev–Trinajstić information content (AvgIpc) is 3.50. The van der Waals surface area contributed by atoms with E-state index in [1.165, 1.54) is 17.7 Å². The zero-order chi connectivity index (χ0) is 26.1. The van der Waals surface area contributed by atoms with Crippen LogP contribution in [-0.4, -0.2) is 95.7 Å². The fourth-order valence-electron chi connectivity index (χ4n) is 5.69. The van der Waals surface area contributed by atoms with Gasteiger partial charge in [-0.25, -0.2) is 15.0 Å². The number of amides is 1. The number of pyridine rings is 1. The van der Waals surface area contributed by atoms with Gasteiger partial charge in [0.2, 0.25) is 11.9 Å². The Balaban J connectivity index is 1.08. The number of anilines is 4. The topological polar surface area (TPSA) is 98.8 Å². The Hall–Kier alpha value is -3.60. The van der Waals surface area contributed by atoms with Crippen molar-refractivity contribution in [3.63, 3.8) is 0 Å². The molecule has 3 fully saturated rings. The highest BCUT2D eigenvalue weighted by atomic mass is 16.5. The number of fused-ring (bicyclic) bond motifs is 2. The smallest absolute Gasteiger partial charge is 0.239 e. The van der Waals surface area contributed by atoms with Gasteiger partial charge in [-0.05, 0) is 62.4 Å². The number of nitrogens with one attached hydrogen (secondary N) is 2. The molecule has 2 aromatic heterocycles. The summed E-state index contributed by atoms with van der Waals surface area (Å²) in [5.41, 5.74) is 5.13. The molecule has 10 heteroatoms. The normalized spacial score (nSPS) is 21.6. The number of likely N-dealkylation sites (tertiary alicyclic amines) is 1. The third-order valence-corrected chi connectivity index (χ3v) is 7.73. The number of carbonyl (C=O) groups is 1. The lowest BCUT2D eigenvalue weighted by molar-refractivity contribution is -0.118. The van der Waals surface area contributed by atoms with Crippen molar-refractivity contribution in [3.05, 3.63) is 54.4 Å². The van der Waals surface area contributed by atoms with E-state index in [1.807, 2.05) is 12.1 Å². The van der Waals surface area contributed by atoms with Gasteiger partial charge in [0.05, 0.1) is 25.5 Å². The van der Waals surface area contributed by atoms with Crippen molar-refractivity contribution in [2.45, 2.75) is 25.4 Å². The van der Waals surface area contributed by atoms with Crippen molar-refractivity contribution in [1.82, 2.24) is 24.8 Å². The lowest BCUT2D eigenvalue weighted by Crippen LogP contribution is -2.44. The summed E-state index contributed by atoms with van der Waals surface area (Å²) in [6.07, 6.45) is 4.71. The summed E-state index contributed by atoms with van der Waals surface area (Å²) in [5, 5.41) is 6.22. The number of hydrogen-bond acceptors (Lipinski definition) is 9. The number of rotatable bonds is 7. The van der Waals surface area contributed by atoms with E-state index in [0.29, 0.717) is 43.6 Å². The molecule has 2 bridgehead atoms. The van der Waals surface area contributed by atoms with Crippen LogP contribution in [0.4, 0.5) is 23.1 Å². The molecule has 198 valence electrons. The van der Waals surface area contributed by atoms with Gasteiger partial charge in [0.25, 0.3) is 0 Å². The van der Waals surface area contributed by atoms with Crippen molar-refractivity contribution in [2.24, 2.45) is 0 Å². The van der Waals surface area contributed by atoms with Crippen LogP contribution in [0.1, 0.15) is 12.0 Å². The van der Waals surface area contributed by atoms with Gasteiger partial charge < -0.3 is 20.3 Å². The van der Waals surface area contributed by atoms with Crippen LogP contribution in [0.15, 0.2) is 48.8 Å². The second-order valence-electron chi connectivity index (χ2n) is 10.4. The Morgan fingerprint density at radius 2 is 1.95 bits per heavy atom. The highest BCUT2D eigenvalue weighted by Gasteiger charge is 2.41. The Labute approximate surface area is 223 Å². The molecule has 3 aromatic rings. The van der Waals surface area contributed by atoms with E-state index in [4.69, 9.17) is 9.72 Å². The number of ether oxygens (including phenoxy) is 1. The lowest BCUT2D eigenvalue weighted by atomic mass is 10.1. The van der Waals surface area contributed by atoms with Gasteiger partial charge in [0.1, 0.15) is 5.82 Å². The van der Waals surface area contributed by atoms with E-state index in [9.17, 15) is 4.79 Å². The van der Waals surface area contributed by atoms with Gasteiger partial charge in [-0.2, -0.15) is 0 Å². The van der Waals surface area contributed by atoms with Gasteiger partial charge in [-0.1, -0.05) is 0 Å². The molecule has 3 saturated heterocycles. The zero-order valence-corrected chi connectivity index (χ0v) is 21.9. The molecule has 3 aliphatic heterocycles. The molecule has 2 N–H and O–H groups in total. The first-order valence-corrected chi connectivity index (χ1v) is 13.3. The first kappa shape index (κ1) is 24.7. The van der Waals surface area contributed by atoms with Gasteiger partial charge in [-0.3, -0.25) is 14.6 Å². The van der Waals surface area contributed by atoms with Crippen LogP contribution in [0.2, 0.25) is 0 Å². The van der Waals surface area contributed by atoms with Crippen molar-refractivity contribution in [1.29, 1.82) is 0 Å². The van der Waals surface area contributed by atoms with Crippen LogP contribution in [0, 0.1) is 6.92 Å². The maximum Gasteiger partial charge on any atom is 0.239 e. The predicted octanol–water partition coefficient (Wildman–Crippen LogP) is 2.75. The van der Waals surface area contributed by atoms with Gasteiger partial charge >= 0.3 is 0 Å². The molecule has 38 heavy (non-hydrogen) atoms. The number of morpholine rings is 1. The van der Waals surface area contributed by atoms with E-state index >= 15 is 0 Å². The van der Waals surface area contributed by atoms with E-state index in [-0.39, 0.29) is 5.91 Å². The number of piperazine rings is 1. The molecule has 1 aromatic carbocycles. The molecule has 6 rings (SSSR count). The van der Waals surface area contributed by atoms with Gasteiger partial charge in [-0.15, -0.1) is 0 Å². The van der Waals surface area contributed by atoms with Crippen LogP contribution in [-0.2, 0) is 9.53 Å². The van der Waals surface area contributed by atoms with Crippen LogP contribution in [0.5, 0.6) is 0 Å².